The molecule has 0 aromatic heterocycles. The maximum absolute atomic E-state index is 14.9. The number of benzene rings is 3. The van der Waals surface area contributed by atoms with E-state index in [9.17, 15) is 29.1 Å². The number of carbonyl (C=O) groups excluding carboxylic acids is 5. The largest absolute Gasteiger partial charge is 0.460 e. The van der Waals surface area contributed by atoms with Gasteiger partial charge in [-0.15, -0.1) is 0 Å². The van der Waals surface area contributed by atoms with Gasteiger partial charge in [0.25, 0.3) is 0 Å². The molecular weight excluding hydrogens is 785 g/mol. The number of rotatable bonds is 15. The molecule has 7 rings (SSSR count). The number of fused-ring (bicyclic) bond motifs is 4. The molecule has 0 radical (unpaired) electrons. The van der Waals surface area contributed by atoms with Crippen LogP contribution in [0.3, 0.4) is 0 Å². The van der Waals surface area contributed by atoms with E-state index in [1.807, 2.05) is 84.9 Å². The van der Waals surface area contributed by atoms with Crippen molar-refractivity contribution >= 4 is 35.7 Å². The molecule has 4 aliphatic rings. The van der Waals surface area contributed by atoms with Crippen molar-refractivity contribution in [1.82, 2.24) is 20.6 Å². The predicted octanol–water partition coefficient (Wildman–Crippen LogP) is 3.38. The topological polar surface area (TPSA) is 182 Å². The summed E-state index contributed by atoms with van der Waals surface area (Å²) in [6.07, 6.45) is -0.461. The monoisotopic (exact) mass is 838 g/mol. The van der Waals surface area contributed by atoms with Gasteiger partial charge in [-0.25, -0.2) is 0 Å². The molecule has 324 valence electrons. The molecule has 0 spiro atoms. The highest BCUT2D eigenvalue weighted by Gasteiger charge is 2.76. The van der Waals surface area contributed by atoms with Crippen molar-refractivity contribution in [3.8, 4) is 0 Å². The number of hydrogen-bond acceptors (Lipinski definition) is 12. The molecule has 61 heavy (non-hydrogen) atoms. The molecule has 0 unspecified atom stereocenters. The van der Waals surface area contributed by atoms with E-state index in [-0.39, 0.29) is 44.7 Å². The van der Waals surface area contributed by atoms with E-state index in [4.69, 9.17) is 23.8 Å². The second-order valence-corrected chi connectivity index (χ2v) is 17.1. The second kappa shape index (κ2) is 17.9. The third-order valence-corrected chi connectivity index (χ3v) is 11.5. The number of likely N-dealkylation sites (N-methyl/N-ethyl adjacent to an activating group) is 1. The summed E-state index contributed by atoms with van der Waals surface area (Å²) in [5, 5.41) is 17.1. The average molecular weight is 839 g/mol. The Bertz CT molecular complexity index is 2080. The molecule has 1 saturated carbocycles. The fraction of sp³-hybridized carbons (Fsp3) is 0.457. The van der Waals surface area contributed by atoms with Crippen molar-refractivity contribution in [2.45, 2.75) is 101 Å². The van der Waals surface area contributed by atoms with E-state index in [0.29, 0.717) is 16.7 Å². The summed E-state index contributed by atoms with van der Waals surface area (Å²) in [6, 6.07) is 24.3. The highest BCUT2D eigenvalue weighted by atomic mass is 16.8. The van der Waals surface area contributed by atoms with Gasteiger partial charge in [0.2, 0.25) is 23.5 Å². The molecule has 3 amide bonds. The minimum atomic E-state index is -1.54. The lowest BCUT2D eigenvalue weighted by molar-refractivity contribution is -0.213. The average Bonchev–Trinajstić information content (AvgIpc) is 3.81. The summed E-state index contributed by atoms with van der Waals surface area (Å²) in [6.45, 7) is 4.82. The van der Waals surface area contributed by atoms with E-state index in [0.717, 1.165) is 5.56 Å². The summed E-state index contributed by atoms with van der Waals surface area (Å²) in [4.78, 5) is 75.3. The van der Waals surface area contributed by atoms with Crippen LogP contribution in [0, 0.1) is 5.41 Å². The Kier molecular flexibility index (Phi) is 12.8. The number of nitrogens with one attached hydrogen (secondary N) is 2. The molecule has 7 atom stereocenters. The fourth-order valence-electron chi connectivity index (χ4n) is 8.66. The molecule has 3 aromatic carbocycles. The van der Waals surface area contributed by atoms with Crippen molar-refractivity contribution in [2.75, 3.05) is 27.2 Å². The molecule has 15 nitrogen and oxygen atoms in total. The van der Waals surface area contributed by atoms with Crippen LogP contribution in [0.5, 0.6) is 0 Å². The SMILES string of the molecule is CN(C)C(=O)C=Cc1ccccc1CN1O[C@@H]2[C@H]3OC(c4ccccc4)(c4ccccc4)O[C@H]3[C@@H]3C[C@]2(C(=O)NCCC(=O)N[C@H](CO)CCC(=O)OC(C)(C)C)[C@@H]1C(=O)O3. The summed E-state index contributed by atoms with van der Waals surface area (Å²) >= 11 is 0. The number of hydroxylamine groups is 2. The molecule has 1 aliphatic carbocycles. The van der Waals surface area contributed by atoms with Gasteiger partial charge in [-0.1, -0.05) is 84.9 Å². The van der Waals surface area contributed by atoms with Crippen LogP contribution >= 0.6 is 0 Å². The number of ether oxygens (including phenoxy) is 4. The van der Waals surface area contributed by atoms with E-state index in [1.54, 1.807) is 40.9 Å². The van der Waals surface area contributed by atoms with Crippen molar-refractivity contribution in [1.29, 1.82) is 0 Å². The molecule has 3 saturated heterocycles. The smallest absolute Gasteiger partial charge is 0.327 e. The Labute approximate surface area is 355 Å². The predicted molar refractivity (Wildman–Crippen MR) is 220 cm³/mol. The maximum Gasteiger partial charge on any atom is 0.327 e. The number of nitrogens with zero attached hydrogens (tertiary/aromatic N) is 2. The van der Waals surface area contributed by atoms with Crippen LogP contribution < -0.4 is 10.6 Å². The summed E-state index contributed by atoms with van der Waals surface area (Å²) < 4.78 is 25.5. The zero-order valence-electron chi connectivity index (χ0n) is 35.1. The highest BCUT2D eigenvalue weighted by molar-refractivity contribution is 5.94. The Morgan fingerprint density at radius 1 is 0.934 bits per heavy atom. The van der Waals surface area contributed by atoms with Gasteiger partial charge >= 0.3 is 11.9 Å². The lowest BCUT2D eigenvalue weighted by Gasteiger charge is -2.48. The quantitative estimate of drug-likeness (QED) is 0.150. The Hall–Kier alpha value is -5.45. The van der Waals surface area contributed by atoms with Gasteiger partial charge in [0.05, 0.1) is 19.2 Å². The Morgan fingerprint density at radius 3 is 2.21 bits per heavy atom. The first-order valence-electron chi connectivity index (χ1n) is 20.6. The first kappa shape index (κ1) is 43.6. The van der Waals surface area contributed by atoms with Crippen molar-refractivity contribution < 1.29 is 52.9 Å². The standard InChI is InChI=1S/C46H54N4O11/c1-44(2,3)58-37(54)23-21-33(28-51)48-35(52)24-25-47-43(56)45-26-34-38-39(60-46(59-38,31-16-8-6-9-17-31)32-18-10-7-11-19-32)41(45)61-50(40(45)42(55)57-34)27-30-15-13-12-14-29(30)20-22-36(53)49(4)5/h6-20,22,33-34,38-41,51H,21,23-28H2,1-5H3,(H,47,56)(H,48,52)/t33-,34-,38-,39-,40-,41+,45-/m0/s1. The summed E-state index contributed by atoms with van der Waals surface area (Å²) in [7, 11) is 3.31. The van der Waals surface area contributed by atoms with Gasteiger partial charge in [-0.2, -0.15) is 5.06 Å². The van der Waals surface area contributed by atoms with Crippen LogP contribution in [0.4, 0.5) is 0 Å². The van der Waals surface area contributed by atoms with Crippen LogP contribution in [0.2, 0.25) is 0 Å². The molecule has 3 aromatic rings. The minimum absolute atomic E-state index is 0.00266. The molecule has 3 aliphatic heterocycles. The maximum atomic E-state index is 14.9. The summed E-state index contributed by atoms with van der Waals surface area (Å²) in [5.74, 6) is -3.73. The zero-order valence-corrected chi connectivity index (χ0v) is 35.1. The number of hydrogen-bond donors (Lipinski definition) is 3. The fourth-order valence-corrected chi connectivity index (χ4v) is 8.66. The number of aliphatic hydroxyl groups excluding tert-OH is 1. The first-order valence-corrected chi connectivity index (χ1v) is 20.6. The van der Waals surface area contributed by atoms with E-state index in [1.165, 1.54) is 16.0 Å². The van der Waals surface area contributed by atoms with Crippen LogP contribution in [-0.4, -0.2) is 114 Å². The number of carbonyl (C=O) groups is 5. The normalized spacial score (nSPS) is 25.6. The van der Waals surface area contributed by atoms with Gasteiger partial charge < -0.3 is 39.6 Å². The number of aliphatic hydroxyl groups is 1. The molecule has 4 fully saturated rings. The van der Waals surface area contributed by atoms with E-state index >= 15 is 0 Å². The van der Waals surface area contributed by atoms with Crippen molar-refractivity contribution in [3.05, 3.63) is 113 Å². The molecule has 2 bridgehead atoms. The van der Waals surface area contributed by atoms with Crippen molar-refractivity contribution in [2.24, 2.45) is 5.41 Å². The third kappa shape index (κ3) is 8.98. The molecule has 15 heteroatoms. The third-order valence-electron chi connectivity index (χ3n) is 11.5. The lowest BCUT2D eigenvalue weighted by Crippen LogP contribution is -2.69. The van der Waals surface area contributed by atoms with Crippen LogP contribution in [0.25, 0.3) is 6.08 Å². The van der Waals surface area contributed by atoms with Crippen LogP contribution in [-0.2, 0) is 60.1 Å². The number of amides is 3. The van der Waals surface area contributed by atoms with Gasteiger partial charge in [0.15, 0.2) is 6.04 Å². The lowest BCUT2D eigenvalue weighted by atomic mass is 9.62. The molecule has 3 heterocycles. The van der Waals surface area contributed by atoms with Crippen molar-refractivity contribution in [3.63, 3.8) is 0 Å². The number of esters is 2. The second-order valence-electron chi connectivity index (χ2n) is 17.1. The molecular formula is C46H54N4O11. The zero-order chi connectivity index (χ0) is 43.5. The minimum Gasteiger partial charge on any atom is -0.460 e. The van der Waals surface area contributed by atoms with Gasteiger partial charge in [-0.3, -0.25) is 28.8 Å². The highest BCUT2D eigenvalue weighted by Crippen LogP contribution is 2.59. The van der Waals surface area contributed by atoms with Gasteiger partial charge in [0.1, 0.15) is 35.4 Å². The van der Waals surface area contributed by atoms with Gasteiger partial charge in [0, 0.05) is 57.1 Å². The van der Waals surface area contributed by atoms with Gasteiger partial charge in [-0.05, 0) is 44.4 Å². The van der Waals surface area contributed by atoms with Crippen LogP contribution in [0.15, 0.2) is 91.0 Å². The van der Waals surface area contributed by atoms with Crippen LogP contribution in [0.1, 0.15) is 68.7 Å². The Morgan fingerprint density at radius 2 is 1.57 bits per heavy atom. The first-order chi connectivity index (χ1) is 29.1. The summed E-state index contributed by atoms with van der Waals surface area (Å²) in [5.41, 5.74) is 0.624. The van der Waals surface area contributed by atoms with E-state index < -0.39 is 83.7 Å². The molecule has 3 N–H and O–H groups in total. The van der Waals surface area contributed by atoms with E-state index in [2.05, 4.69) is 10.6 Å². The Balaban J connectivity index is 1.17.